The molecule has 31 heavy (non-hydrogen) atoms. The van der Waals surface area contributed by atoms with Crippen LogP contribution in [0.2, 0.25) is 5.02 Å². The fraction of sp³-hybridized carbons (Fsp3) is 0.273. The molecule has 0 radical (unpaired) electrons. The molecule has 1 fully saturated rings. The first-order valence-electron chi connectivity index (χ1n) is 9.98. The molecule has 0 atom stereocenters. The second-order valence-corrected chi connectivity index (χ2v) is 7.91. The normalized spacial score (nSPS) is 16.0. The molecule has 2 aliphatic heterocycles. The van der Waals surface area contributed by atoms with Crippen LogP contribution < -0.4 is 9.47 Å². The van der Waals surface area contributed by atoms with Gasteiger partial charge in [-0.25, -0.2) is 4.39 Å². The van der Waals surface area contributed by atoms with E-state index in [1.54, 1.807) is 23.1 Å². The number of aromatic amines is 1. The van der Waals surface area contributed by atoms with E-state index in [4.69, 9.17) is 21.1 Å². The van der Waals surface area contributed by atoms with Crippen LogP contribution in [0.25, 0.3) is 11.3 Å². The average Bonchev–Trinajstić information content (AvgIpc) is 3.45. The van der Waals surface area contributed by atoms with Crippen molar-refractivity contribution in [1.82, 2.24) is 20.0 Å². The first kappa shape index (κ1) is 19.8. The number of halogens is 2. The van der Waals surface area contributed by atoms with Crippen LogP contribution in [0.3, 0.4) is 0 Å². The highest BCUT2D eigenvalue weighted by Gasteiger charge is 2.25. The zero-order valence-electron chi connectivity index (χ0n) is 16.6. The molecule has 0 bridgehead atoms. The summed E-state index contributed by atoms with van der Waals surface area (Å²) in [6, 6.07) is 12.0. The standard InChI is InChI=1S/C22H20ClFN4O3/c23-16-2-1-3-17(24)15(16)12-27-6-8-28(9-7-27)22(29)19-11-18(25-26-19)14-4-5-20-21(10-14)31-13-30-20/h1-5,10-11H,6-9,12-13H2,(H,25,26). The zero-order valence-corrected chi connectivity index (χ0v) is 17.4. The van der Waals surface area contributed by atoms with Crippen molar-refractivity contribution in [2.45, 2.75) is 6.54 Å². The van der Waals surface area contributed by atoms with Crippen LogP contribution >= 0.6 is 11.6 Å². The first-order valence-corrected chi connectivity index (χ1v) is 10.4. The van der Waals surface area contributed by atoms with Gasteiger partial charge in [0.15, 0.2) is 11.5 Å². The van der Waals surface area contributed by atoms with Crippen LogP contribution in [0.4, 0.5) is 4.39 Å². The van der Waals surface area contributed by atoms with E-state index >= 15 is 0 Å². The maximum atomic E-state index is 14.0. The molecule has 0 saturated carbocycles. The molecule has 1 N–H and O–H groups in total. The van der Waals surface area contributed by atoms with E-state index in [2.05, 4.69) is 15.1 Å². The second-order valence-electron chi connectivity index (χ2n) is 7.50. The molecule has 0 spiro atoms. The topological polar surface area (TPSA) is 70.7 Å². The third-order valence-electron chi connectivity index (χ3n) is 5.58. The van der Waals surface area contributed by atoms with Crippen LogP contribution in [0.15, 0.2) is 42.5 Å². The van der Waals surface area contributed by atoms with Crippen LogP contribution in [0, 0.1) is 5.82 Å². The van der Waals surface area contributed by atoms with E-state index in [9.17, 15) is 9.18 Å². The number of piperazine rings is 1. The third kappa shape index (κ3) is 3.96. The fourth-order valence-corrected chi connectivity index (χ4v) is 4.04. The van der Waals surface area contributed by atoms with E-state index in [1.807, 2.05) is 18.2 Å². The van der Waals surface area contributed by atoms with Crippen molar-refractivity contribution in [2.75, 3.05) is 33.0 Å². The Morgan fingerprint density at radius 3 is 2.71 bits per heavy atom. The van der Waals surface area contributed by atoms with E-state index in [0.29, 0.717) is 66.2 Å². The molecule has 9 heteroatoms. The minimum absolute atomic E-state index is 0.108. The molecule has 3 heterocycles. The van der Waals surface area contributed by atoms with Crippen molar-refractivity contribution in [3.63, 3.8) is 0 Å². The Bertz CT molecular complexity index is 1110. The molecule has 0 unspecified atom stereocenters. The summed E-state index contributed by atoms with van der Waals surface area (Å²) in [7, 11) is 0. The number of aromatic nitrogens is 2. The summed E-state index contributed by atoms with van der Waals surface area (Å²) in [6.45, 7) is 3.00. The lowest BCUT2D eigenvalue weighted by atomic mass is 10.1. The van der Waals surface area contributed by atoms with Gasteiger partial charge in [-0.1, -0.05) is 17.7 Å². The van der Waals surface area contributed by atoms with Crippen molar-refractivity contribution in [2.24, 2.45) is 0 Å². The Kier molecular flexibility index (Phi) is 5.25. The number of nitrogens with one attached hydrogen (secondary N) is 1. The van der Waals surface area contributed by atoms with E-state index in [1.165, 1.54) is 6.07 Å². The number of carbonyl (C=O) groups excluding carboxylic acids is 1. The van der Waals surface area contributed by atoms with Gasteiger partial charge in [-0.05, 0) is 36.4 Å². The van der Waals surface area contributed by atoms with Gasteiger partial charge in [0.2, 0.25) is 6.79 Å². The van der Waals surface area contributed by atoms with Crippen LogP contribution in [0.5, 0.6) is 11.5 Å². The number of fused-ring (bicyclic) bond motifs is 1. The smallest absolute Gasteiger partial charge is 0.271 e. The Morgan fingerprint density at radius 2 is 1.90 bits per heavy atom. The van der Waals surface area contributed by atoms with Gasteiger partial charge in [-0.3, -0.25) is 14.8 Å². The van der Waals surface area contributed by atoms with Crippen molar-refractivity contribution >= 4 is 17.5 Å². The van der Waals surface area contributed by atoms with Gasteiger partial charge in [0.1, 0.15) is 11.5 Å². The molecule has 1 amide bonds. The molecule has 7 nitrogen and oxygen atoms in total. The monoisotopic (exact) mass is 442 g/mol. The number of carbonyl (C=O) groups is 1. The molecule has 3 aromatic rings. The number of benzene rings is 2. The van der Waals surface area contributed by atoms with E-state index in [0.717, 1.165) is 5.56 Å². The van der Waals surface area contributed by atoms with Gasteiger partial charge in [0.05, 0.1) is 5.69 Å². The number of ether oxygens (including phenoxy) is 2. The lowest BCUT2D eigenvalue weighted by Gasteiger charge is -2.34. The highest BCUT2D eigenvalue weighted by Crippen LogP contribution is 2.35. The summed E-state index contributed by atoms with van der Waals surface area (Å²) in [5.41, 5.74) is 2.42. The van der Waals surface area contributed by atoms with Gasteiger partial charge < -0.3 is 14.4 Å². The lowest BCUT2D eigenvalue weighted by Crippen LogP contribution is -2.48. The van der Waals surface area contributed by atoms with Crippen molar-refractivity contribution in [1.29, 1.82) is 0 Å². The summed E-state index contributed by atoms with van der Waals surface area (Å²) in [4.78, 5) is 16.8. The highest BCUT2D eigenvalue weighted by molar-refractivity contribution is 6.31. The summed E-state index contributed by atoms with van der Waals surface area (Å²) >= 11 is 6.13. The SMILES string of the molecule is O=C(c1cc(-c2ccc3c(c2)OCO3)n[nH]1)N1CCN(Cc2c(F)cccc2Cl)CC1. The molecule has 2 aromatic carbocycles. The minimum atomic E-state index is -0.306. The largest absolute Gasteiger partial charge is 0.454 e. The average molecular weight is 443 g/mol. The predicted octanol–water partition coefficient (Wildman–Crippen LogP) is 3.56. The number of hydrogen-bond acceptors (Lipinski definition) is 5. The van der Waals surface area contributed by atoms with Crippen molar-refractivity contribution < 1.29 is 18.7 Å². The molecule has 1 saturated heterocycles. The number of amides is 1. The van der Waals surface area contributed by atoms with Gasteiger partial charge >= 0.3 is 0 Å². The molecule has 1 aromatic heterocycles. The molecular formula is C22H20ClFN4O3. The molecule has 2 aliphatic rings. The summed E-state index contributed by atoms with van der Waals surface area (Å²) in [5.74, 6) is 0.951. The highest BCUT2D eigenvalue weighted by atomic mass is 35.5. The molecular weight excluding hydrogens is 423 g/mol. The maximum absolute atomic E-state index is 14.0. The number of nitrogens with zero attached hydrogens (tertiary/aromatic N) is 3. The zero-order chi connectivity index (χ0) is 21.4. The van der Waals surface area contributed by atoms with Crippen LogP contribution in [-0.2, 0) is 6.54 Å². The minimum Gasteiger partial charge on any atom is -0.454 e. The number of H-pyrrole nitrogens is 1. The first-order chi connectivity index (χ1) is 15.1. The van der Waals surface area contributed by atoms with Gasteiger partial charge in [0, 0.05) is 48.9 Å². The summed E-state index contributed by atoms with van der Waals surface area (Å²) in [5, 5.41) is 7.55. The molecule has 160 valence electrons. The van der Waals surface area contributed by atoms with Crippen LogP contribution in [0.1, 0.15) is 16.1 Å². The van der Waals surface area contributed by atoms with Crippen molar-refractivity contribution in [3.05, 3.63) is 64.6 Å². The van der Waals surface area contributed by atoms with Gasteiger partial charge in [0.25, 0.3) is 5.91 Å². The number of hydrogen-bond donors (Lipinski definition) is 1. The Balaban J connectivity index is 1.22. The maximum Gasteiger partial charge on any atom is 0.271 e. The molecule has 5 rings (SSSR count). The number of rotatable bonds is 4. The summed E-state index contributed by atoms with van der Waals surface area (Å²) in [6.07, 6.45) is 0. The summed E-state index contributed by atoms with van der Waals surface area (Å²) < 4.78 is 24.8. The Morgan fingerprint density at radius 1 is 1.10 bits per heavy atom. The third-order valence-corrected chi connectivity index (χ3v) is 5.93. The van der Waals surface area contributed by atoms with Crippen LogP contribution in [-0.4, -0.2) is 58.9 Å². The quantitative estimate of drug-likeness (QED) is 0.669. The Labute approximate surface area is 183 Å². The van der Waals surface area contributed by atoms with E-state index < -0.39 is 0 Å². The van der Waals surface area contributed by atoms with Gasteiger partial charge in [-0.15, -0.1) is 0 Å². The second kappa shape index (κ2) is 8.20. The fourth-order valence-electron chi connectivity index (χ4n) is 3.82. The Hall–Kier alpha value is -3.10. The predicted molar refractivity (Wildman–Crippen MR) is 113 cm³/mol. The van der Waals surface area contributed by atoms with Gasteiger partial charge in [-0.2, -0.15) is 5.10 Å². The van der Waals surface area contributed by atoms with E-state index in [-0.39, 0.29) is 18.5 Å². The van der Waals surface area contributed by atoms with Crippen molar-refractivity contribution in [3.8, 4) is 22.8 Å². The lowest BCUT2D eigenvalue weighted by molar-refractivity contribution is 0.0621. The molecule has 0 aliphatic carbocycles.